The smallest absolute Gasteiger partial charge is 0.317 e. The molecule has 2 heterocycles. The van der Waals surface area contributed by atoms with Crippen LogP contribution in [0.3, 0.4) is 0 Å². The molecule has 5 heteroatoms. The molecule has 1 fully saturated rings. The molecule has 0 radical (unpaired) electrons. The van der Waals surface area contributed by atoms with Gasteiger partial charge in [-0.05, 0) is 25.9 Å². The van der Waals surface area contributed by atoms with Crippen LogP contribution in [-0.2, 0) is 4.79 Å². The lowest BCUT2D eigenvalue weighted by molar-refractivity contribution is -0.138. The van der Waals surface area contributed by atoms with Gasteiger partial charge in [0.2, 0.25) is 0 Å². The summed E-state index contributed by atoms with van der Waals surface area (Å²) >= 11 is 0. The lowest BCUT2D eigenvalue weighted by Gasteiger charge is -2.28. The number of piperidine rings is 1. The Morgan fingerprint density at radius 1 is 1.60 bits per heavy atom. The molecule has 1 saturated heterocycles. The van der Waals surface area contributed by atoms with Crippen LogP contribution in [0.25, 0.3) is 0 Å². The van der Waals surface area contributed by atoms with Gasteiger partial charge in [-0.25, -0.2) is 4.98 Å². The first kappa shape index (κ1) is 10.2. The minimum atomic E-state index is -0.760. The molecule has 0 amide bonds. The lowest BCUT2D eigenvalue weighted by atomic mass is 9.97. The minimum absolute atomic E-state index is 0.137. The Balaban J connectivity index is 1.84. The number of aromatic nitrogens is 1. The van der Waals surface area contributed by atoms with Gasteiger partial charge in [-0.1, -0.05) is 0 Å². The summed E-state index contributed by atoms with van der Waals surface area (Å²) in [6, 6.07) is 0. The van der Waals surface area contributed by atoms with Crippen molar-refractivity contribution in [2.24, 2.45) is 0 Å². The van der Waals surface area contributed by atoms with E-state index in [1.807, 2.05) is 4.90 Å². The summed E-state index contributed by atoms with van der Waals surface area (Å²) in [5.74, 6) is 0.375. The SMILES string of the molecule is O=C(O)CN1CCC(c2ncco2)CC1. The van der Waals surface area contributed by atoms with E-state index in [0.717, 1.165) is 31.8 Å². The van der Waals surface area contributed by atoms with Crippen LogP contribution in [0.2, 0.25) is 0 Å². The number of carbonyl (C=O) groups is 1. The maximum Gasteiger partial charge on any atom is 0.317 e. The molecule has 0 aromatic carbocycles. The Hall–Kier alpha value is -1.36. The third kappa shape index (κ3) is 2.56. The average molecular weight is 210 g/mol. The molecule has 1 aromatic rings. The van der Waals surface area contributed by atoms with Gasteiger partial charge in [0.1, 0.15) is 6.26 Å². The maximum atomic E-state index is 10.5. The van der Waals surface area contributed by atoms with E-state index in [1.165, 1.54) is 0 Å². The first-order valence-corrected chi connectivity index (χ1v) is 5.09. The van der Waals surface area contributed by atoms with Crippen molar-refractivity contribution in [3.05, 3.63) is 18.4 Å². The normalized spacial score (nSPS) is 19.2. The number of hydrogen-bond acceptors (Lipinski definition) is 4. The zero-order chi connectivity index (χ0) is 10.7. The molecular formula is C10H14N2O3. The monoisotopic (exact) mass is 210 g/mol. The molecule has 0 unspecified atom stereocenters. The third-order valence-electron chi connectivity index (χ3n) is 2.75. The summed E-state index contributed by atoms with van der Waals surface area (Å²) in [5.41, 5.74) is 0. The molecule has 0 aliphatic carbocycles. The number of carboxylic acids is 1. The van der Waals surface area contributed by atoms with E-state index in [4.69, 9.17) is 9.52 Å². The zero-order valence-electron chi connectivity index (χ0n) is 8.43. The largest absolute Gasteiger partial charge is 0.480 e. The number of likely N-dealkylation sites (tertiary alicyclic amines) is 1. The van der Waals surface area contributed by atoms with Gasteiger partial charge >= 0.3 is 5.97 Å². The Morgan fingerprint density at radius 3 is 2.87 bits per heavy atom. The van der Waals surface area contributed by atoms with Gasteiger partial charge in [0.25, 0.3) is 0 Å². The molecule has 0 saturated carbocycles. The van der Waals surface area contributed by atoms with Crippen molar-refractivity contribution >= 4 is 5.97 Å². The van der Waals surface area contributed by atoms with Gasteiger partial charge < -0.3 is 9.52 Å². The van der Waals surface area contributed by atoms with E-state index in [-0.39, 0.29) is 6.54 Å². The van der Waals surface area contributed by atoms with Gasteiger partial charge in [0, 0.05) is 5.92 Å². The Kier molecular flexibility index (Phi) is 3.01. The first-order valence-electron chi connectivity index (χ1n) is 5.09. The Bertz CT molecular complexity index is 315. The van der Waals surface area contributed by atoms with Gasteiger partial charge in [-0.2, -0.15) is 0 Å². The zero-order valence-corrected chi connectivity index (χ0v) is 8.43. The lowest BCUT2D eigenvalue weighted by Crippen LogP contribution is -2.36. The fraction of sp³-hybridized carbons (Fsp3) is 0.600. The summed E-state index contributed by atoms with van der Waals surface area (Å²) < 4.78 is 5.24. The van der Waals surface area contributed by atoms with Crippen molar-refractivity contribution in [3.8, 4) is 0 Å². The van der Waals surface area contributed by atoms with Gasteiger partial charge in [-0.15, -0.1) is 0 Å². The van der Waals surface area contributed by atoms with Crippen molar-refractivity contribution in [1.82, 2.24) is 9.88 Å². The third-order valence-corrected chi connectivity index (χ3v) is 2.75. The minimum Gasteiger partial charge on any atom is -0.480 e. The van der Waals surface area contributed by atoms with E-state index in [9.17, 15) is 4.79 Å². The van der Waals surface area contributed by atoms with Crippen LogP contribution in [0.5, 0.6) is 0 Å². The van der Waals surface area contributed by atoms with Gasteiger partial charge in [0.05, 0.1) is 12.7 Å². The number of aliphatic carboxylic acids is 1. The standard InChI is InChI=1S/C10H14N2O3/c13-9(14)7-12-4-1-8(2-5-12)10-11-3-6-15-10/h3,6,8H,1-2,4-5,7H2,(H,13,14). The second kappa shape index (κ2) is 4.44. The molecular weight excluding hydrogens is 196 g/mol. The van der Waals surface area contributed by atoms with Crippen LogP contribution in [0.4, 0.5) is 0 Å². The number of carboxylic acid groups (broad SMARTS) is 1. The van der Waals surface area contributed by atoms with Gasteiger partial charge in [0.15, 0.2) is 5.89 Å². The topological polar surface area (TPSA) is 66.6 Å². The number of rotatable bonds is 3. The van der Waals surface area contributed by atoms with Crippen LogP contribution in [0.1, 0.15) is 24.7 Å². The summed E-state index contributed by atoms with van der Waals surface area (Å²) in [5, 5.41) is 8.64. The Labute approximate surface area is 87.7 Å². The number of nitrogens with zero attached hydrogens (tertiary/aromatic N) is 2. The number of hydrogen-bond donors (Lipinski definition) is 1. The second-order valence-corrected chi connectivity index (χ2v) is 3.81. The summed E-state index contributed by atoms with van der Waals surface area (Å²) in [7, 11) is 0. The molecule has 1 N–H and O–H groups in total. The van der Waals surface area contributed by atoms with E-state index in [2.05, 4.69) is 4.98 Å². The van der Waals surface area contributed by atoms with E-state index in [0.29, 0.717) is 5.92 Å². The highest BCUT2D eigenvalue weighted by Gasteiger charge is 2.24. The average Bonchev–Trinajstić information content (AvgIpc) is 2.71. The highest BCUT2D eigenvalue weighted by molar-refractivity contribution is 5.69. The van der Waals surface area contributed by atoms with Crippen LogP contribution in [0, 0.1) is 0 Å². The molecule has 1 aromatic heterocycles. The first-order chi connectivity index (χ1) is 7.25. The van der Waals surface area contributed by atoms with Crippen molar-refractivity contribution in [3.63, 3.8) is 0 Å². The van der Waals surface area contributed by atoms with Crippen molar-refractivity contribution < 1.29 is 14.3 Å². The van der Waals surface area contributed by atoms with Crippen LogP contribution in [-0.4, -0.2) is 40.6 Å². The predicted octanol–water partition coefficient (Wildman–Crippen LogP) is 0.939. The Morgan fingerprint density at radius 2 is 2.33 bits per heavy atom. The molecule has 2 rings (SSSR count). The van der Waals surface area contributed by atoms with E-state index < -0.39 is 5.97 Å². The van der Waals surface area contributed by atoms with Crippen molar-refractivity contribution in [2.45, 2.75) is 18.8 Å². The van der Waals surface area contributed by atoms with Crippen LogP contribution < -0.4 is 0 Å². The molecule has 0 atom stereocenters. The molecule has 15 heavy (non-hydrogen) atoms. The van der Waals surface area contributed by atoms with E-state index in [1.54, 1.807) is 12.5 Å². The molecule has 5 nitrogen and oxygen atoms in total. The summed E-state index contributed by atoms with van der Waals surface area (Å²) in [6.45, 7) is 1.75. The maximum absolute atomic E-state index is 10.5. The summed E-state index contributed by atoms with van der Waals surface area (Å²) in [4.78, 5) is 16.6. The molecule has 0 bridgehead atoms. The fourth-order valence-corrected chi connectivity index (χ4v) is 1.97. The molecule has 0 spiro atoms. The van der Waals surface area contributed by atoms with Gasteiger partial charge in [-0.3, -0.25) is 9.69 Å². The summed E-state index contributed by atoms with van der Waals surface area (Å²) in [6.07, 6.45) is 5.08. The highest BCUT2D eigenvalue weighted by atomic mass is 16.4. The molecule has 1 aliphatic heterocycles. The fourth-order valence-electron chi connectivity index (χ4n) is 1.97. The van der Waals surface area contributed by atoms with Crippen LogP contribution in [0.15, 0.2) is 16.9 Å². The van der Waals surface area contributed by atoms with Crippen LogP contribution >= 0.6 is 0 Å². The van der Waals surface area contributed by atoms with Crippen molar-refractivity contribution in [1.29, 1.82) is 0 Å². The number of oxazole rings is 1. The van der Waals surface area contributed by atoms with Crippen molar-refractivity contribution in [2.75, 3.05) is 19.6 Å². The predicted molar refractivity (Wildman–Crippen MR) is 52.6 cm³/mol. The van der Waals surface area contributed by atoms with E-state index >= 15 is 0 Å². The highest BCUT2D eigenvalue weighted by Crippen LogP contribution is 2.26. The quantitative estimate of drug-likeness (QED) is 0.804. The molecule has 82 valence electrons. The molecule has 1 aliphatic rings. The second-order valence-electron chi connectivity index (χ2n) is 3.81.